The Hall–Kier alpha value is -4.38. The topological polar surface area (TPSA) is 69.0 Å². The summed E-state index contributed by atoms with van der Waals surface area (Å²) in [7, 11) is 1.42. The molecule has 38 heavy (non-hydrogen) atoms. The third-order valence-electron chi connectivity index (χ3n) is 6.85. The number of benzene rings is 2. The third kappa shape index (κ3) is 4.68. The number of aromatic nitrogens is 3. The molecule has 0 radical (unpaired) electrons. The zero-order valence-electron chi connectivity index (χ0n) is 21.9. The summed E-state index contributed by atoms with van der Waals surface area (Å²) in [5.74, 6) is 6.38. The van der Waals surface area contributed by atoms with E-state index in [1.54, 1.807) is 37.3 Å². The molecule has 0 aliphatic carbocycles. The molecule has 0 bridgehead atoms. The number of rotatable bonds is 5. The number of imidazole rings is 1. The average molecular weight is 513 g/mol. The number of likely N-dealkylation sites (tertiary alicyclic amines) is 1. The van der Waals surface area contributed by atoms with Crippen molar-refractivity contribution in [3.05, 3.63) is 71.7 Å². The summed E-state index contributed by atoms with van der Waals surface area (Å²) in [6, 6.07) is 12.2. The van der Waals surface area contributed by atoms with E-state index in [0.29, 0.717) is 18.8 Å². The summed E-state index contributed by atoms with van der Waals surface area (Å²) in [4.78, 5) is 24.0. The lowest BCUT2D eigenvalue weighted by Crippen LogP contribution is -2.39. The van der Waals surface area contributed by atoms with Crippen LogP contribution in [0.3, 0.4) is 0 Å². The number of hydrogen-bond donors (Lipinski definition) is 0. The van der Waals surface area contributed by atoms with Crippen molar-refractivity contribution in [1.29, 1.82) is 0 Å². The molecule has 2 aromatic heterocycles. The minimum Gasteiger partial charge on any atom is -0.494 e. The van der Waals surface area contributed by atoms with E-state index < -0.39 is 5.82 Å². The number of methoxy groups -OCH3 is 1. The van der Waals surface area contributed by atoms with Crippen molar-refractivity contribution in [2.75, 3.05) is 20.2 Å². The summed E-state index contributed by atoms with van der Waals surface area (Å²) >= 11 is 0. The summed E-state index contributed by atoms with van der Waals surface area (Å²) in [6.45, 7) is 6.94. The van der Waals surface area contributed by atoms with E-state index >= 15 is 0 Å². The smallest absolute Gasteiger partial charge is 0.298 e. The van der Waals surface area contributed by atoms with E-state index in [1.165, 1.54) is 7.11 Å². The minimum absolute atomic E-state index is 0.0757. The highest BCUT2D eigenvalue weighted by molar-refractivity contribution is 5.93. The maximum atomic E-state index is 14.6. The summed E-state index contributed by atoms with van der Waals surface area (Å²) in [5.41, 5.74) is 4.48. The summed E-state index contributed by atoms with van der Waals surface area (Å²) in [6.07, 6.45) is 3.68. The van der Waals surface area contributed by atoms with Crippen molar-refractivity contribution in [2.45, 2.75) is 39.5 Å². The van der Waals surface area contributed by atoms with Gasteiger partial charge in [-0.1, -0.05) is 12.0 Å². The van der Waals surface area contributed by atoms with Gasteiger partial charge in [0.1, 0.15) is 11.6 Å². The first-order valence-corrected chi connectivity index (χ1v) is 12.6. The van der Waals surface area contributed by atoms with Gasteiger partial charge in [-0.15, -0.1) is 0 Å². The number of carbonyl (C=O) groups excluding carboxylic acids is 1. The molecule has 0 N–H and O–H groups in total. The summed E-state index contributed by atoms with van der Waals surface area (Å²) in [5, 5.41) is 0. The Balaban J connectivity index is 1.51. The van der Waals surface area contributed by atoms with E-state index in [-0.39, 0.29) is 23.3 Å². The Morgan fingerprint density at radius 3 is 2.63 bits per heavy atom. The highest BCUT2D eigenvalue weighted by atomic mass is 19.1. The number of aryl methyl sites for hydroxylation is 2. The fraction of sp³-hybridized carbons (Fsp3) is 0.300. The van der Waals surface area contributed by atoms with Gasteiger partial charge in [-0.3, -0.25) is 14.2 Å². The van der Waals surface area contributed by atoms with E-state index in [9.17, 15) is 9.18 Å². The zero-order valence-corrected chi connectivity index (χ0v) is 21.9. The maximum absolute atomic E-state index is 14.6. The third-order valence-corrected chi connectivity index (χ3v) is 6.85. The van der Waals surface area contributed by atoms with Crippen molar-refractivity contribution >= 4 is 11.4 Å². The molecule has 3 heterocycles. The van der Waals surface area contributed by atoms with Crippen LogP contribution in [0.25, 0.3) is 16.8 Å². The zero-order chi connectivity index (χ0) is 26.8. The van der Waals surface area contributed by atoms with Gasteiger partial charge < -0.3 is 14.4 Å². The lowest BCUT2D eigenvalue weighted by molar-refractivity contribution is -0.126. The number of piperidine rings is 1. The van der Waals surface area contributed by atoms with Gasteiger partial charge in [0.25, 0.3) is 5.91 Å². The molecule has 1 aliphatic heterocycles. The molecule has 8 heteroatoms. The Bertz CT molecular complexity index is 1570. The van der Waals surface area contributed by atoms with Gasteiger partial charge in [0, 0.05) is 36.5 Å². The molecule has 1 atom stereocenters. The van der Waals surface area contributed by atoms with Gasteiger partial charge in [-0.25, -0.2) is 4.98 Å². The molecule has 194 valence electrons. The minimum atomic E-state index is -0.550. The first kappa shape index (κ1) is 25.3. The van der Waals surface area contributed by atoms with Crippen LogP contribution in [0.2, 0.25) is 0 Å². The lowest BCUT2D eigenvalue weighted by atomic mass is 9.97. The average Bonchev–Trinajstić information content (AvgIpc) is 3.35. The van der Waals surface area contributed by atoms with Crippen molar-refractivity contribution in [1.82, 2.24) is 19.3 Å². The van der Waals surface area contributed by atoms with Gasteiger partial charge in [0.15, 0.2) is 11.5 Å². The number of fused-ring (bicyclic) bond motifs is 1. The number of amides is 1. The Morgan fingerprint density at radius 1 is 1.13 bits per heavy atom. The van der Waals surface area contributed by atoms with Crippen molar-refractivity contribution in [3.8, 4) is 40.3 Å². The predicted molar refractivity (Wildman–Crippen MR) is 143 cm³/mol. The van der Waals surface area contributed by atoms with Crippen LogP contribution in [-0.4, -0.2) is 45.4 Å². The number of carbonyl (C=O) groups is 1. The molecule has 0 spiro atoms. The molecule has 1 aliphatic rings. The van der Waals surface area contributed by atoms with E-state index in [2.05, 4.69) is 21.2 Å². The maximum Gasteiger partial charge on any atom is 0.298 e. The number of ether oxygens (including phenoxy) is 2. The van der Waals surface area contributed by atoms with Crippen LogP contribution >= 0.6 is 0 Å². The van der Waals surface area contributed by atoms with Gasteiger partial charge in [0.2, 0.25) is 5.82 Å². The monoisotopic (exact) mass is 512 g/mol. The molecular weight excluding hydrogens is 483 g/mol. The normalized spacial score (nSPS) is 15.2. The molecule has 0 saturated carbocycles. The Morgan fingerprint density at radius 2 is 1.89 bits per heavy atom. The predicted octanol–water partition coefficient (Wildman–Crippen LogP) is 5.68. The van der Waals surface area contributed by atoms with E-state index in [4.69, 9.17) is 14.5 Å². The van der Waals surface area contributed by atoms with Crippen molar-refractivity contribution in [3.63, 3.8) is 0 Å². The first-order chi connectivity index (χ1) is 18.4. The van der Waals surface area contributed by atoms with E-state index in [1.807, 2.05) is 37.1 Å². The molecule has 2 aromatic carbocycles. The fourth-order valence-corrected chi connectivity index (χ4v) is 5.01. The second-order valence-electron chi connectivity index (χ2n) is 9.35. The molecule has 7 nitrogen and oxygen atoms in total. The molecule has 5 rings (SSSR count). The quantitative estimate of drug-likeness (QED) is 0.322. The summed E-state index contributed by atoms with van der Waals surface area (Å²) < 4.78 is 27.6. The SMILES string of the molecule is CC#CC(=O)N1CCC[C@@H](c2nc(-c3ccc(Oc4cccc(OC)c4F)cc3)c3c(C)ncc(C)n23)C1. The molecule has 1 fully saturated rings. The fourth-order valence-electron chi connectivity index (χ4n) is 5.01. The van der Waals surface area contributed by atoms with Crippen LogP contribution in [-0.2, 0) is 4.79 Å². The first-order valence-electron chi connectivity index (χ1n) is 12.6. The van der Waals surface area contributed by atoms with Crippen LogP contribution in [0.4, 0.5) is 4.39 Å². The van der Waals surface area contributed by atoms with Crippen LogP contribution in [0.1, 0.15) is 42.9 Å². The number of nitrogens with zero attached hydrogens (tertiary/aromatic N) is 4. The Kier molecular flexibility index (Phi) is 7.01. The van der Waals surface area contributed by atoms with Crippen LogP contribution in [0.15, 0.2) is 48.7 Å². The molecule has 0 unspecified atom stereocenters. The van der Waals surface area contributed by atoms with Crippen LogP contribution < -0.4 is 9.47 Å². The highest BCUT2D eigenvalue weighted by Crippen LogP contribution is 2.36. The lowest BCUT2D eigenvalue weighted by Gasteiger charge is -2.31. The van der Waals surface area contributed by atoms with Crippen LogP contribution in [0.5, 0.6) is 17.2 Å². The standard InChI is InChI=1S/C30H29FN4O3/c1-5-8-26(36)34-16-7-9-22(18-34)30-33-28(29-20(3)32-17-19(2)35(29)30)21-12-14-23(15-13-21)38-25-11-6-10-24(37-4)27(25)31/h6,10-15,17,22H,7,9,16,18H2,1-4H3/t22-/m1/s1. The van der Waals surface area contributed by atoms with Gasteiger partial charge >= 0.3 is 0 Å². The second kappa shape index (κ2) is 10.5. The van der Waals surface area contributed by atoms with Gasteiger partial charge in [-0.2, -0.15) is 4.39 Å². The van der Waals surface area contributed by atoms with Crippen molar-refractivity contribution < 1.29 is 18.7 Å². The molecule has 1 amide bonds. The highest BCUT2D eigenvalue weighted by Gasteiger charge is 2.29. The van der Waals surface area contributed by atoms with Crippen molar-refractivity contribution in [2.24, 2.45) is 0 Å². The van der Waals surface area contributed by atoms with Gasteiger partial charge in [-0.05, 0) is 75.9 Å². The molecular formula is C30H29FN4O3. The second-order valence-corrected chi connectivity index (χ2v) is 9.35. The molecule has 1 saturated heterocycles. The van der Waals surface area contributed by atoms with Gasteiger partial charge in [0.05, 0.1) is 24.0 Å². The Labute approximate surface area is 221 Å². The van der Waals surface area contributed by atoms with E-state index in [0.717, 1.165) is 46.8 Å². The van der Waals surface area contributed by atoms with Crippen LogP contribution in [0, 0.1) is 31.5 Å². The molecule has 4 aromatic rings. The number of hydrogen-bond acceptors (Lipinski definition) is 5. The largest absolute Gasteiger partial charge is 0.494 e. The number of halogens is 1.